The van der Waals surface area contributed by atoms with Gasteiger partial charge in [-0.05, 0) is 56.4 Å². The van der Waals surface area contributed by atoms with Crippen molar-refractivity contribution in [3.05, 3.63) is 0 Å². The predicted molar refractivity (Wildman–Crippen MR) is 72.5 cm³/mol. The van der Waals surface area contributed by atoms with E-state index in [4.69, 9.17) is 5.11 Å². The van der Waals surface area contributed by atoms with Crippen LogP contribution in [0.4, 0.5) is 0 Å². The van der Waals surface area contributed by atoms with Crippen LogP contribution in [0.15, 0.2) is 0 Å². The Morgan fingerprint density at radius 3 is 2.50 bits per heavy atom. The molecule has 0 bridgehead atoms. The summed E-state index contributed by atoms with van der Waals surface area (Å²) in [6.07, 6.45) is 6.48. The smallest absolute Gasteiger partial charge is 0.303 e. The van der Waals surface area contributed by atoms with Gasteiger partial charge >= 0.3 is 5.97 Å². The average Bonchev–Trinajstić information content (AvgIpc) is 2.73. The molecule has 0 spiro atoms. The van der Waals surface area contributed by atoms with Crippen LogP contribution in [0.2, 0.25) is 0 Å². The Morgan fingerprint density at radius 2 is 1.89 bits per heavy atom. The van der Waals surface area contributed by atoms with E-state index < -0.39 is 5.97 Å². The van der Waals surface area contributed by atoms with Crippen LogP contribution in [0.25, 0.3) is 0 Å². The summed E-state index contributed by atoms with van der Waals surface area (Å²) in [5, 5.41) is 8.74. The molecule has 1 aliphatic heterocycles. The highest BCUT2D eigenvalue weighted by molar-refractivity contribution is 5.66. The van der Waals surface area contributed by atoms with E-state index in [-0.39, 0.29) is 0 Å². The average molecular weight is 253 g/mol. The van der Waals surface area contributed by atoms with E-state index in [2.05, 4.69) is 18.7 Å². The number of carbonyl (C=O) groups is 1. The van der Waals surface area contributed by atoms with Gasteiger partial charge in [-0.15, -0.1) is 0 Å². The molecular weight excluding hydrogens is 226 g/mol. The first-order chi connectivity index (χ1) is 8.54. The number of aliphatic carboxylic acids is 1. The molecule has 2 fully saturated rings. The van der Waals surface area contributed by atoms with Gasteiger partial charge in [-0.1, -0.05) is 13.8 Å². The highest BCUT2D eigenvalue weighted by Gasteiger charge is 2.32. The molecule has 1 aliphatic carbocycles. The first kappa shape index (κ1) is 13.9. The number of hydrogen-bond acceptors (Lipinski definition) is 2. The van der Waals surface area contributed by atoms with E-state index in [0.717, 1.165) is 30.8 Å². The Hall–Kier alpha value is -0.570. The number of nitrogens with zero attached hydrogens (tertiary/aromatic N) is 1. The van der Waals surface area contributed by atoms with E-state index >= 15 is 0 Å². The van der Waals surface area contributed by atoms with Gasteiger partial charge in [0.2, 0.25) is 0 Å². The maximum absolute atomic E-state index is 10.6. The molecule has 3 heteroatoms. The van der Waals surface area contributed by atoms with Gasteiger partial charge in [-0.3, -0.25) is 4.79 Å². The van der Waals surface area contributed by atoms with Gasteiger partial charge in [0.15, 0.2) is 0 Å². The molecule has 104 valence electrons. The van der Waals surface area contributed by atoms with Crippen LogP contribution in [0.5, 0.6) is 0 Å². The lowest BCUT2D eigenvalue weighted by Crippen LogP contribution is -2.39. The fourth-order valence-electron chi connectivity index (χ4n) is 3.96. The predicted octanol–water partition coefficient (Wildman–Crippen LogP) is 3.00. The molecular formula is C15H27NO2. The fourth-order valence-corrected chi connectivity index (χ4v) is 3.96. The molecule has 0 aromatic carbocycles. The van der Waals surface area contributed by atoms with Crippen molar-refractivity contribution < 1.29 is 9.90 Å². The molecule has 1 heterocycles. The second-order valence-electron chi connectivity index (χ2n) is 6.65. The zero-order chi connectivity index (χ0) is 13.1. The van der Waals surface area contributed by atoms with Crippen molar-refractivity contribution in [3.8, 4) is 0 Å². The van der Waals surface area contributed by atoms with Crippen LogP contribution in [0.1, 0.15) is 52.4 Å². The van der Waals surface area contributed by atoms with Gasteiger partial charge < -0.3 is 10.0 Å². The molecule has 0 amide bonds. The third-order valence-electron chi connectivity index (χ3n) is 4.75. The monoisotopic (exact) mass is 253 g/mol. The number of hydrogen-bond donors (Lipinski definition) is 1. The Morgan fingerprint density at radius 1 is 1.22 bits per heavy atom. The van der Waals surface area contributed by atoms with Gasteiger partial charge in [0.05, 0.1) is 0 Å². The fraction of sp³-hybridized carbons (Fsp3) is 0.933. The summed E-state index contributed by atoms with van der Waals surface area (Å²) in [6, 6.07) is 0.763. The van der Waals surface area contributed by atoms with Crippen molar-refractivity contribution in [2.45, 2.75) is 58.4 Å². The largest absolute Gasteiger partial charge is 0.481 e. The first-order valence-electron chi connectivity index (χ1n) is 7.50. The number of carboxylic acid groups (broad SMARTS) is 1. The summed E-state index contributed by atoms with van der Waals surface area (Å²) in [5.74, 6) is 1.69. The van der Waals surface area contributed by atoms with Crippen LogP contribution in [-0.4, -0.2) is 35.1 Å². The van der Waals surface area contributed by atoms with Crippen molar-refractivity contribution >= 4 is 5.97 Å². The second-order valence-corrected chi connectivity index (χ2v) is 6.65. The van der Waals surface area contributed by atoms with Crippen molar-refractivity contribution in [3.63, 3.8) is 0 Å². The molecule has 3 unspecified atom stereocenters. The van der Waals surface area contributed by atoms with Gasteiger partial charge in [0.1, 0.15) is 0 Å². The lowest BCUT2D eigenvalue weighted by molar-refractivity contribution is -0.137. The minimum atomic E-state index is -0.645. The SMILES string of the molecule is CC1CC(C)CC(N2CCC(CCC(=O)O)C2)C1. The van der Waals surface area contributed by atoms with E-state index in [1.54, 1.807) is 0 Å². The summed E-state index contributed by atoms with van der Waals surface area (Å²) >= 11 is 0. The Bertz CT molecular complexity index is 282. The molecule has 2 rings (SSSR count). The molecule has 3 nitrogen and oxygen atoms in total. The summed E-state index contributed by atoms with van der Waals surface area (Å²) in [6.45, 7) is 7.08. The number of rotatable bonds is 4. The lowest BCUT2D eigenvalue weighted by atomic mass is 9.80. The van der Waals surface area contributed by atoms with Crippen molar-refractivity contribution in [2.75, 3.05) is 13.1 Å². The minimum Gasteiger partial charge on any atom is -0.481 e. The van der Waals surface area contributed by atoms with Crippen LogP contribution < -0.4 is 0 Å². The Balaban J connectivity index is 1.79. The summed E-state index contributed by atoms with van der Waals surface area (Å²) < 4.78 is 0. The van der Waals surface area contributed by atoms with Crippen molar-refractivity contribution in [1.29, 1.82) is 0 Å². The molecule has 0 aromatic heterocycles. The maximum atomic E-state index is 10.6. The standard InChI is InChI=1S/C15H27NO2/c1-11-7-12(2)9-14(8-11)16-6-5-13(10-16)3-4-15(17)18/h11-14H,3-10H2,1-2H3,(H,17,18). The lowest BCUT2D eigenvalue weighted by Gasteiger charge is -2.37. The van der Waals surface area contributed by atoms with E-state index in [1.165, 1.54) is 32.2 Å². The van der Waals surface area contributed by atoms with E-state index in [1.807, 2.05) is 0 Å². The second kappa shape index (κ2) is 6.05. The first-order valence-corrected chi connectivity index (χ1v) is 7.50. The maximum Gasteiger partial charge on any atom is 0.303 e. The highest BCUT2D eigenvalue weighted by Crippen LogP contribution is 2.34. The molecule has 1 N–H and O–H groups in total. The van der Waals surface area contributed by atoms with Gasteiger partial charge in [-0.2, -0.15) is 0 Å². The number of carboxylic acids is 1. The van der Waals surface area contributed by atoms with Crippen molar-refractivity contribution in [1.82, 2.24) is 4.90 Å². The zero-order valence-electron chi connectivity index (χ0n) is 11.8. The quantitative estimate of drug-likeness (QED) is 0.837. The van der Waals surface area contributed by atoms with Crippen molar-refractivity contribution in [2.24, 2.45) is 17.8 Å². The minimum absolute atomic E-state index is 0.343. The third kappa shape index (κ3) is 3.71. The van der Waals surface area contributed by atoms with Gasteiger partial charge in [-0.25, -0.2) is 0 Å². The van der Waals surface area contributed by atoms with Crippen LogP contribution in [0.3, 0.4) is 0 Å². The van der Waals surface area contributed by atoms with Gasteiger partial charge in [0.25, 0.3) is 0 Å². The normalized spacial score (nSPS) is 37.9. The Labute approximate surface area is 111 Å². The van der Waals surface area contributed by atoms with E-state index in [9.17, 15) is 4.79 Å². The van der Waals surface area contributed by atoms with Crippen LogP contribution >= 0.6 is 0 Å². The highest BCUT2D eigenvalue weighted by atomic mass is 16.4. The molecule has 1 saturated heterocycles. The summed E-state index contributed by atoms with van der Waals surface area (Å²) in [5.41, 5.74) is 0. The van der Waals surface area contributed by atoms with Gasteiger partial charge in [0, 0.05) is 19.0 Å². The third-order valence-corrected chi connectivity index (χ3v) is 4.75. The molecule has 0 radical (unpaired) electrons. The molecule has 1 saturated carbocycles. The zero-order valence-corrected chi connectivity index (χ0v) is 11.8. The molecule has 18 heavy (non-hydrogen) atoms. The molecule has 2 aliphatic rings. The number of likely N-dealkylation sites (tertiary alicyclic amines) is 1. The summed E-state index contributed by atoms with van der Waals surface area (Å²) in [4.78, 5) is 13.2. The molecule has 3 atom stereocenters. The van der Waals surface area contributed by atoms with Crippen LogP contribution in [0, 0.1) is 17.8 Å². The molecule has 0 aromatic rings. The Kier molecular flexibility index (Phi) is 4.66. The topological polar surface area (TPSA) is 40.5 Å². The summed E-state index contributed by atoms with van der Waals surface area (Å²) in [7, 11) is 0. The van der Waals surface area contributed by atoms with E-state index in [0.29, 0.717) is 12.3 Å². The van der Waals surface area contributed by atoms with Crippen LogP contribution in [-0.2, 0) is 4.79 Å².